The second kappa shape index (κ2) is 7.70. The Hall–Kier alpha value is -1.38. The Morgan fingerprint density at radius 3 is 2.62 bits per heavy atom. The molecule has 0 saturated carbocycles. The van der Waals surface area contributed by atoms with Crippen molar-refractivity contribution in [3.63, 3.8) is 0 Å². The lowest BCUT2D eigenvalue weighted by Crippen LogP contribution is -2.32. The molecule has 0 spiro atoms. The maximum absolute atomic E-state index is 12.7. The minimum absolute atomic E-state index is 0.0371. The summed E-state index contributed by atoms with van der Waals surface area (Å²) in [6, 6.07) is 9.96. The summed E-state index contributed by atoms with van der Waals surface area (Å²) in [5.74, 6) is 0. The van der Waals surface area contributed by atoms with Crippen LogP contribution in [0.1, 0.15) is 22.3 Å². The van der Waals surface area contributed by atoms with Crippen molar-refractivity contribution in [3.8, 4) is 0 Å². The van der Waals surface area contributed by atoms with Crippen LogP contribution < -0.4 is 4.72 Å². The van der Waals surface area contributed by atoms with Crippen molar-refractivity contribution in [3.05, 3.63) is 68.1 Å². The van der Waals surface area contributed by atoms with Gasteiger partial charge in [-0.25, -0.2) is 13.1 Å². The summed E-state index contributed by atoms with van der Waals surface area (Å²) in [6.07, 6.45) is 0. The van der Waals surface area contributed by atoms with Gasteiger partial charge >= 0.3 is 0 Å². The number of aromatic nitrogens is 2. The Balaban J connectivity index is 1.91. The molecule has 5 nitrogen and oxygen atoms in total. The Kier molecular flexibility index (Phi) is 5.74. The van der Waals surface area contributed by atoms with Gasteiger partial charge in [0.25, 0.3) is 0 Å². The number of thiophene rings is 1. The molecule has 0 aliphatic heterocycles. The van der Waals surface area contributed by atoms with E-state index in [1.807, 2.05) is 42.1 Å². The van der Waals surface area contributed by atoms with E-state index in [2.05, 4.69) is 9.82 Å². The third-order valence-electron chi connectivity index (χ3n) is 3.86. The average molecular weight is 430 g/mol. The van der Waals surface area contributed by atoms with Crippen LogP contribution in [0.3, 0.4) is 0 Å². The molecule has 2 aromatic heterocycles. The van der Waals surface area contributed by atoms with Crippen LogP contribution in [0.2, 0.25) is 10.0 Å². The smallest absolute Gasteiger partial charge is 0.242 e. The summed E-state index contributed by atoms with van der Waals surface area (Å²) in [5, 5.41) is 6.90. The van der Waals surface area contributed by atoms with Crippen molar-refractivity contribution >= 4 is 44.6 Å². The van der Waals surface area contributed by atoms with Gasteiger partial charge in [0, 0.05) is 22.1 Å². The highest BCUT2D eigenvalue weighted by Gasteiger charge is 2.24. The van der Waals surface area contributed by atoms with Gasteiger partial charge in [0.1, 0.15) is 4.90 Å². The van der Waals surface area contributed by atoms with Crippen LogP contribution in [0.25, 0.3) is 0 Å². The second-order valence-corrected chi connectivity index (χ2v) is 9.39. The van der Waals surface area contributed by atoms with E-state index in [4.69, 9.17) is 23.2 Å². The van der Waals surface area contributed by atoms with Crippen LogP contribution in [0, 0.1) is 13.8 Å². The number of benzene rings is 1. The van der Waals surface area contributed by atoms with Crippen LogP contribution in [0.5, 0.6) is 0 Å². The lowest BCUT2D eigenvalue weighted by molar-refractivity contribution is 0.499. The minimum atomic E-state index is -3.82. The number of nitrogens with zero attached hydrogens (tertiary/aromatic N) is 2. The summed E-state index contributed by atoms with van der Waals surface area (Å²) >= 11 is 13.5. The van der Waals surface area contributed by atoms with Crippen LogP contribution in [-0.2, 0) is 10.0 Å². The van der Waals surface area contributed by atoms with Crippen molar-refractivity contribution < 1.29 is 8.42 Å². The topological polar surface area (TPSA) is 64.0 Å². The number of halogens is 2. The quantitative estimate of drug-likeness (QED) is 0.629. The summed E-state index contributed by atoms with van der Waals surface area (Å²) in [4.78, 5) is 0.973. The maximum Gasteiger partial charge on any atom is 0.242 e. The zero-order chi connectivity index (χ0) is 18.9. The molecule has 0 saturated heterocycles. The van der Waals surface area contributed by atoms with E-state index in [0.717, 1.165) is 16.3 Å². The van der Waals surface area contributed by atoms with E-state index < -0.39 is 10.0 Å². The molecule has 0 amide bonds. The molecule has 0 aliphatic rings. The van der Waals surface area contributed by atoms with E-state index in [1.54, 1.807) is 17.4 Å². The van der Waals surface area contributed by atoms with E-state index >= 15 is 0 Å². The van der Waals surface area contributed by atoms with E-state index in [0.29, 0.717) is 5.02 Å². The highest BCUT2D eigenvalue weighted by Crippen LogP contribution is 2.27. The monoisotopic (exact) mass is 429 g/mol. The molecule has 0 radical (unpaired) electrons. The van der Waals surface area contributed by atoms with Crippen LogP contribution in [0.4, 0.5) is 0 Å². The normalized spacial score (nSPS) is 13.1. The molecule has 0 fully saturated rings. The number of rotatable bonds is 6. The molecule has 0 bridgehead atoms. The molecule has 2 heterocycles. The predicted octanol–water partition coefficient (Wildman–Crippen LogP) is 4.44. The number of hydrogen-bond donors (Lipinski definition) is 1. The Labute approximate surface area is 166 Å². The lowest BCUT2D eigenvalue weighted by atomic mass is 10.2. The molecule has 1 aromatic carbocycles. The van der Waals surface area contributed by atoms with Crippen molar-refractivity contribution in [2.75, 3.05) is 6.54 Å². The lowest BCUT2D eigenvalue weighted by Gasteiger charge is -2.19. The van der Waals surface area contributed by atoms with Crippen molar-refractivity contribution in [1.82, 2.24) is 14.5 Å². The van der Waals surface area contributed by atoms with Gasteiger partial charge in [-0.3, -0.25) is 4.68 Å². The van der Waals surface area contributed by atoms with Gasteiger partial charge < -0.3 is 0 Å². The Bertz CT molecular complexity index is 1010. The number of hydrogen-bond acceptors (Lipinski definition) is 4. The number of nitrogens with one attached hydrogen (secondary N) is 1. The third-order valence-corrected chi connectivity index (χ3v) is 6.97. The minimum Gasteiger partial charge on any atom is -0.260 e. The van der Waals surface area contributed by atoms with Crippen molar-refractivity contribution in [2.45, 2.75) is 24.8 Å². The Morgan fingerprint density at radius 1 is 1.23 bits per heavy atom. The highest BCUT2D eigenvalue weighted by atomic mass is 35.5. The third kappa shape index (κ3) is 4.13. The average Bonchev–Trinajstić information content (AvgIpc) is 3.20. The molecule has 3 aromatic rings. The first kappa shape index (κ1) is 19.4. The fraction of sp³-hybridized carbons (Fsp3) is 0.235. The largest absolute Gasteiger partial charge is 0.260 e. The van der Waals surface area contributed by atoms with Crippen molar-refractivity contribution in [2.24, 2.45) is 0 Å². The van der Waals surface area contributed by atoms with Crippen LogP contribution >= 0.6 is 34.5 Å². The summed E-state index contributed by atoms with van der Waals surface area (Å²) in [6.45, 7) is 4.00. The highest BCUT2D eigenvalue weighted by molar-refractivity contribution is 7.89. The fourth-order valence-corrected chi connectivity index (χ4v) is 5.31. The number of aryl methyl sites for hydroxylation is 2. The number of sulfonamides is 1. The molecule has 3 rings (SSSR count). The molecular formula is C17H17Cl2N3O2S2. The predicted molar refractivity (Wildman–Crippen MR) is 106 cm³/mol. The summed E-state index contributed by atoms with van der Waals surface area (Å²) in [7, 11) is -3.82. The van der Waals surface area contributed by atoms with E-state index in [1.165, 1.54) is 12.1 Å². The van der Waals surface area contributed by atoms with Crippen molar-refractivity contribution in [1.29, 1.82) is 0 Å². The first-order valence-corrected chi connectivity index (χ1v) is 10.9. The fourth-order valence-electron chi connectivity index (χ4n) is 2.70. The van der Waals surface area contributed by atoms with Gasteiger partial charge in [-0.05, 0) is 49.6 Å². The van der Waals surface area contributed by atoms with Gasteiger partial charge in [-0.1, -0.05) is 29.3 Å². The molecular weight excluding hydrogens is 413 g/mol. The molecule has 1 unspecified atom stereocenters. The van der Waals surface area contributed by atoms with E-state index in [9.17, 15) is 8.42 Å². The summed E-state index contributed by atoms with van der Waals surface area (Å²) in [5.41, 5.74) is 1.84. The SMILES string of the molecule is Cc1cc(C)n(C(CNS(=O)(=O)c2cc(Cl)ccc2Cl)c2cccs2)n1. The molecule has 1 N–H and O–H groups in total. The molecule has 1 atom stereocenters. The molecule has 9 heteroatoms. The molecule has 0 aliphatic carbocycles. The van der Waals surface area contributed by atoms with Crippen LogP contribution in [0.15, 0.2) is 46.7 Å². The van der Waals surface area contributed by atoms with Gasteiger partial charge in [0.2, 0.25) is 10.0 Å². The first-order valence-electron chi connectivity index (χ1n) is 7.79. The zero-order valence-corrected chi connectivity index (χ0v) is 17.3. The van der Waals surface area contributed by atoms with Gasteiger partial charge in [-0.15, -0.1) is 11.3 Å². The molecule has 26 heavy (non-hydrogen) atoms. The van der Waals surface area contributed by atoms with Crippen LogP contribution in [-0.4, -0.2) is 24.7 Å². The van der Waals surface area contributed by atoms with E-state index in [-0.39, 0.29) is 22.5 Å². The maximum atomic E-state index is 12.7. The summed E-state index contributed by atoms with van der Waals surface area (Å²) < 4.78 is 29.9. The zero-order valence-electron chi connectivity index (χ0n) is 14.1. The van der Waals surface area contributed by atoms with Gasteiger partial charge in [0.05, 0.1) is 16.8 Å². The second-order valence-electron chi connectivity index (χ2n) is 5.83. The first-order chi connectivity index (χ1) is 12.3. The Morgan fingerprint density at radius 2 is 2.00 bits per heavy atom. The van der Waals surface area contributed by atoms with Gasteiger partial charge in [-0.2, -0.15) is 5.10 Å². The standard InChI is InChI=1S/C17H17Cl2N3O2S2/c1-11-8-12(2)22(21-11)15(16-4-3-7-25-16)10-20-26(23,24)17-9-13(18)5-6-14(17)19/h3-9,15,20H,10H2,1-2H3. The molecule has 138 valence electrons. The van der Waals surface area contributed by atoms with Gasteiger partial charge in [0.15, 0.2) is 0 Å².